The lowest BCUT2D eigenvalue weighted by Gasteiger charge is -2.21. The van der Waals surface area contributed by atoms with Gasteiger partial charge in [-0.15, -0.1) is 0 Å². The molecule has 0 amide bonds. The monoisotopic (exact) mass is 423 g/mol. The zero-order valence-corrected chi connectivity index (χ0v) is 16.7. The lowest BCUT2D eigenvalue weighted by Crippen LogP contribution is -2.35. The van der Waals surface area contributed by atoms with Crippen LogP contribution in [0.3, 0.4) is 0 Å². The number of benzene rings is 2. The molecule has 8 heteroatoms. The second-order valence-electron chi connectivity index (χ2n) is 6.33. The van der Waals surface area contributed by atoms with E-state index in [0.29, 0.717) is 27.2 Å². The molecule has 0 bridgehead atoms. The molecule has 5 nitrogen and oxygen atoms in total. The van der Waals surface area contributed by atoms with Gasteiger partial charge in [0, 0.05) is 31.0 Å². The normalized spacial score (nSPS) is 13.3. The third kappa shape index (κ3) is 5.23. The van der Waals surface area contributed by atoms with E-state index in [9.17, 15) is 9.50 Å². The highest BCUT2D eigenvalue weighted by molar-refractivity contribution is 6.35. The fraction of sp³-hybridized carbons (Fsp3) is 0.250. The van der Waals surface area contributed by atoms with E-state index in [1.165, 1.54) is 12.1 Å². The number of hydrogen-bond donors (Lipinski definition) is 2. The van der Waals surface area contributed by atoms with Crippen LogP contribution >= 0.6 is 23.2 Å². The van der Waals surface area contributed by atoms with Crippen LogP contribution in [0.4, 0.5) is 4.39 Å². The lowest BCUT2D eigenvalue weighted by atomic mass is 10.1. The molecule has 0 aliphatic carbocycles. The molecule has 28 heavy (non-hydrogen) atoms. The van der Waals surface area contributed by atoms with Crippen molar-refractivity contribution in [2.24, 2.45) is 7.05 Å². The van der Waals surface area contributed by atoms with Crippen LogP contribution in [0.1, 0.15) is 17.4 Å². The Bertz CT molecular complexity index is 935. The first-order valence-electron chi connectivity index (χ1n) is 8.66. The summed E-state index contributed by atoms with van der Waals surface area (Å²) in [6, 6.07) is 10.8. The molecule has 0 spiro atoms. The Hall–Kier alpha value is -2.12. The minimum absolute atomic E-state index is 0.0325. The summed E-state index contributed by atoms with van der Waals surface area (Å²) in [4.78, 5) is 4.35. The molecule has 0 fully saturated rings. The van der Waals surface area contributed by atoms with Crippen molar-refractivity contribution in [1.82, 2.24) is 14.9 Å². The molecule has 3 rings (SSSR count). The quantitative estimate of drug-likeness (QED) is 0.574. The van der Waals surface area contributed by atoms with Crippen LogP contribution in [-0.2, 0) is 7.05 Å². The second-order valence-corrected chi connectivity index (χ2v) is 7.18. The van der Waals surface area contributed by atoms with E-state index in [4.69, 9.17) is 27.9 Å². The number of hydrogen-bond acceptors (Lipinski definition) is 4. The van der Waals surface area contributed by atoms with Crippen LogP contribution in [0, 0.1) is 5.82 Å². The van der Waals surface area contributed by atoms with Crippen LogP contribution in [-0.4, -0.2) is 33.9 Å². The highest BCUT2D eigenvalue weighted by atomic mass is 35.5. The van der Waals surface area contributed by atoms with Gasteiger partial charge in [-0.2, -0.15) is 0 Å². The van der Waals surface area contributed by atoms with Crippen molar-refractivity contribution in [3.8, 4) is 5.75 Å². The fourth-order valence-corrected chi connectivity index (χ4v) is 3.25. The first kappa shape index (κ1) is 20.6. The summed E-state index contributed by atoms with van der Waals surface area (Å²) in [5.41, 5.74) is 0.711. The van der Waals surface area contributed by atoms with Crippen LogP contribution < -0.4 is 10.1 Å². The minimum atomic E-state index is -0.817. The van der Waals surface area contributed by atoms with Crippen molar-refractivity contribution < 1.29 is 14.2 Å². The molecular formula is C20H20Cl2FN3O2. The number of nitrogens with zero attached hydrogens (tertiary/aromatic N) is 2. The van der Waals surface area contributed by atoms with Gasteiger partial charge in [0.2, 0.25) is 0 Å². The minimum Gasteiger partial charge on any atom is -0.489 e. The van der Waals surface area contributed by atoms with E-state index in [2.05, 4.69) is 10.3 Å². The van der Waals surface area contributed by atoms with E-state index in [-0.39, 0.29) is 25.0 Å². The molecule has 2 N–H and O–H groups in total. The number of imidazole rings is 1. The summed E-state index contributed by atoms with van der Waals surface area (Å²) >= 11 is 11.9. The smallest absolute Gasteiger partial charge is 0.138 e. The van der Waals surface area contributed by atoms with Crippen molar-refractivity contribution in [2.75, 3.05) is 13.2 Å². The molecule has 0 radical (unpaired) electrons. The van der Waals surface area contributed by atoms with Crippen molar-refractivity contribution >= 4 is 23.2 Å². The molecule has 0 aliphatic heterocycles. The first-order valence-corrected chi connectivity index (χ1v) is 9.41. The Balaban J connectivity index is 1.65. The summed E-state index contributed by atoms with van der Waals surface area (Å²) in [5, 5.41) is 14.4. The number of aliphatic hydroxyl groups excluding tert-OH is 1. The van der Waals surface area contributed by atoms with Gasteiger partial charge in [0.1, 0.15) is 30.1 Å². The van der Waals surface area contributed by atoms with Gasteiger partial charge >= 0.3 is 0 Å². The summed E-state index contributed by atoms with van der Waals surface area (Å²) in [7, 11) is 1.86. The zero-order chi connectivity index (χ0) is 20.1. The van der Waals surface area contributed by atoms with E-state index in [0.717, 1.165) is 0 Å². The van der Waals surface area contributed by atoms with Crippen LogP contribution in [0.15, 0.2) is 54.9 Å². The molecule has 0 aliphatic rings. The lowest BCUT2D eigenvalue weighted by molar-refractivity contribution is 0.104. The molecule has 2 unspecified atom stereocenters. The Labute approximate surface area is 172 Å². The van der Waals surface area contributed by atoms with Crippen molar-refractivity contribution in [2.45, 2.75) is 12.1 Å². The Morgan fingerprint density at radius 2 is 2.07 bits per heavy atom. The molecule has 1 aromatic heterocycles. The van der Waals surface area contributed by atoms with Gasteiger partial charge < -0.3 is 19.7 Å². The van der Waals surface area contributed by atoms with Crippen molar-refractivity contribution in [1.29, 1.82) is 0 Å². The Morgan fingerprint density at radius 1 is 1.25 bits per heavy atom. The molecular weight excluding hydrogens is 404 g/mol. The number of nitrogens with one attached hydrogen (secondary N) is 1. The number of halogens is 3. The van der Waals surface area contributed by atoms with Gasteiger partial charge in [-0.1, -0.05) is 35.3 Å². The fourth-order valence-electron chi connectivity index (χ4n) is 2.79. The predicted molar refractivity (Wildman–Crippen MR) is 107 cm³/mol. The van der Waals surface area contributed by atoms with Gasteiger partial charge in [-0.3, -0.25) is 0 Å². The predicted octanol–water partition coefficient (Wildman–Crippen LogP) is 3.98. The number of aryl methyl sites for hydroxylation is 1. The number of aromatic nitrogens is 2. The maximum Gasteiger partial charge on any atom is 0.138 e. The maximum absolute atomic E-state index is 13.7. The van der Waals surface area contributed by atoms with Crippen molar-refractivity contribution in [3.05, 3.63) is 82.1 Å². The van der Waals surface area contributed by atoms with Crippen LogP contribution in [0.5, 0.6) is 5.75 Å². The maximum atomic E-state index is 13.7. The molecule has 2 atom stereocenters. The number of aliphatic hydroxyl groups is 1. The number of ether oxygens (including phenoxy) is 1. The second kappa shape index (κ2) is 9.39. The summed E-state index contributed by atoms with van der Waals surface area (Å²) in [6.07, 6.45) is 2.67. The van der Waals surface area contributed by atoms with Crippen molar-refractivity contribution in [3.63, 3.8) is 0 Å². The molecule has 0 saturated carbocycles. The molecule has 1 heterocycles. The van der Waals surface area contributed by atoms with Gasteiger partial charge in [0.15, 0.2) is 0 Å². The number of rotatable bonds is 8. The highest BCUT2D eigenvalue weighted by Crippen LogP contribution is 2.27. The largest absolute Gasteiger partial charge is 0.489 e. The third-order valence-corrected chi connectivity index (χ3v) is 4.71. The highest BCUT2D eigenvalue weighted by Gasteiger charge is 2.20. The first-order chi connectivity index (χ1) is 13.4. The SMILES string of the molecule is Cn1ccnc1C(NCC(O)COc1ccc(Cl)cc1Cl)c1cccc(F)c1. The average molecular weight is 424 g/mol. The van der Waals surface area contributed by atoms with Gasteiger partial charge in [-0.25, -0.2) is 9.37 Å². The average Bonchev–Trinajstić information content (AvgIpc) is 3.07. The summed E-state index contributed by atoms with van der Waals surface area (Å²) < 4.78 is 21.1. The zero-order valence-electron chi connectivity index (χ0n) is 15.1. The molecule has 148 valence electrons. The topological polar surface area (TPSA) is 59.3 Å². The molecule has 0 saturated heterocycles. The molecule has 3 aromatic rings. The van der Waals surface area contributed by atoms with E-state index >= 15 is 0 Å². The third-order valence-electron chi connectivity index (χ3n) is 4.18. The van der Waals surface area contributed by atoms with Crippen LogP contribution in [0.2, 0.25) is 10.0 Å². The van der Waals surface area contributed by atoms with E-state index < -0.39 is 6.10 Å². The van der Waals surface area contributed by atoms with E-state index in [1.807, 2.05) is 23.9 Å². The van der Waals surface area contributed by atoms with E-state index in [1.54, 1.807) is 30.5 Å². The summed E-state index contributed by atoms with van der Waals surface area (Å²) in [5.74, 6) is 0.815. The molecule has 2 aromatic carbocycles. The standard InChI is InChI=1S/C20H20Cl2FN3O2/c1-26-8-7-24-20(26)19(13-3-2-4-15(23)9-13)25-11-16(27)12-28-18-6-5-14(21)10-17(18)22/h2-10,16,19,25,27H,11-12H2,1H3. The Kier molecular flexibility index (Phi) is 6.91. The van der Waals surface area contributed by atoms with Gasteiger partial charge in [-0.05, 0) is 35.9 Å². The Morgan fingerprint density at radius 3 is 2.75 bits per heavy atom. The van der Waals surface area contributed by atoms with Gasteiger partial charge in [0.05, 0.1) is 11.1 Å². The van der Waals surface area contributed by atoms with Gasteiger partial charge in [0.25, 0.3) is 0 Å². The van der Waals surface area contributed by atoms with Crippen LogP contribution in [0.25, 0.3) is 0 Å². The summed E-state index contributed by atoms with van der Waals surface area (Å²) in [6.45, 7) is 0.240.